The summed E-state index contributed by atoms with van der Waals surface area (Å²) < 4.78 is 0. The second-order valence-electron chi connectivity index (χ2n) is 5.06. The third-order valence-corrected chi connectivity index (χ3v) is 4.67. The molecule has 0 bridgehead atoms. The van der Waals surface area contributed by atoms with Gasteiger partial charge in [0.15, 0.2) is 5.78 Å². The molecule has 2 unspecified atom stereocenters. The lowest BCUT2D eigenvalue weighted by Crippen LogP contribution is -2.56. The van der Waals surface area contributed by atoms with Crippen LogP contribution in [-0.2, 0) is 10.3 Å². The van der Waals surface area contributed by atoms with Gasteiger partial charge in [0, 0.05) is 0 Å². The molecule has 1 aromatic carbocycles. The monoisotopic (exact) mass is 251 g/mol. The average Bonchev–Trinajstić information content (AvgIpc) is 2.50. The summed E-state index contributed by atoms with van der Waals surface area (Å²) in [6, 6.07) is 7.36. The van der Waals surface area contributed by atoms with Crippen LogP contribution in [0.4, 0.5) is 0 Å². The Balaban J connectivity index is 2.32. The van der Waals surface area contributed by atoms with Crippen molar-refractivity contribution >= 4 is 44.5 Å². The molecule has 2 nitrogen and oxygen atoms in total. The molecule has 3 rings (SSSR count). The van der Waals surface area contributed by atoms with E-state index in [4.69, 9.17) is 32.9 Å². The number of nitrogens with two attached hydrogens (primary N) is 1. The molecule has 0 saturated heterocycles. The molecule has 2 aliphatic rings. The fourth-order valence-corrected chi connectivity index (χ4v) is 3.51. The minimum absolute atomic E-state index is 0.274. The first-order valence-corrected chi connectivity index (χ1v) is 6.16. The highest BCUT2D eigenvalue weighted by Gasteiger charge is 2.63. The van der Waals surface area contributed by atoms with Crippen LogP contribution in [0.3, 0.4) is 0 Å². The lowest BCUT2D eigenvalue weighted by atomic mass is 9.33. The van der Waals surface area contributed by atoms with Crippen LogP contribution >= 0.6 is 11.5 Å². The number of carbonyl (C=O) groups is 1. The Hall–Kier alpha value is -0.925. The summed E-state index contributed by atoms with van der Waals surface area (Å²) in [6.45, 7) is 0. The van der Waals surface area contributed by atoms with Crippen molar-refractivity contribution in [3.05, 3.63) is 41.4 Å². The van der Waals surface area contributed by atoms with E-state index < -0.39 is 16.9 Å². The van der Waals surface area contributed by atoms with Crippen molar-refractivity contribution in [2.75, 3.05) is 0 Å². The number of ketones is 1. The van der Waals surface area contributed by atoms with Gasteiger partial charge in [-0.1, -0.05) is 29.7 Å². The van der Waals surface area contributed by atoms with Crippen LogP contribution in [0.25, 0.3) is 0 Å². The number of benzene rings is 1. The number of rotatable bonds is 0. The van der Waals surface area contributed by atoms with Gasteiger partial charge < -0.3 is 5.73 Å². The number of carbonyl (C=O) groups excluding carboxylic acids is 1. The van der Waals surface area contributed by atoms with E-state index in [9.17, 15) is 4.79 Å². The number of allylic oxidation sites excluding steroid dienone is 1. The Kier molecular flexibility index (Phi) is 2.39. The molecule has 0 amide bonds. The highest BCUT2D eigenvalue weighted by Crippen LogP contribution is 2.55. The molecule has 0 aromatic heterocycles. The number of halogens is 1. The number of hydrogen-bond acceptors (Lipinski definition) is 2. The second kappa shape index (κ2) is 3.55. The first-order valence-electron chi connectivity index (χ1n) is 5.73. The van der Waals surface area contributed by atoms with Gasteiger partial charge in [0.2, 0.25) is 0 Å². The van der Waals surface area contributed by atoms with Crippen LogP contribution in [0, 0.1) is 0 Å². The maximum absolute atomic E-state index is 12.3. The van der Waals surface area contributed by atoms with Crippen molar-refractivity contribution in [2.24, 2.45) is 5.73 Å². The highest BCUT2D eigenvalue weighted by atomic mass is 35.5. The van der Waals surface area contributed by atoms with E-state index in [1.165, 1.54) is 6.08 Å². The van der Waals surface area contributed by atoms with E-state index >= 15 is 0 Å². The normalized spacial score (nSPS) is 34.0. The number of hydrogen-bond donors (Lipinski definition) is 1. The maximum Gasteiger partial charge on any atom is 0.284 e. The molecule has 84 valence electrons. The van der Waals surface area contributed by atoms with Crippen LogP contribution in [0.2, 0.25) is 5.21 Å². The van der Waals surface area contributed by atoms with Gasteiger partial charge in [-0.05, 0) is 23.3 Å². The molecule has 1 aliphatic carbocycles. The second-order valence-corrected chi connectivity index (χ2v) is 5.49. The molecule has 6 heteroatoms. The van der Waals surface area contributed by atoms with Crippen molar-refractivity contribution in [1.29, 1.82) is 0 Å². The molecule has 1 aromatic rings. The smallest absolute Gasteiger partial charge is 0.284 e. The van der Waals surface area contributed by atoms with Crippen molar-refractivity contribution in [3.63, 3.8) is 0 Å². The molecule has 18 heavy (non-hydrogen) atoms. The van der Waals surface area contributed by atoms with Gasteiger partial charge in [0.05, 0.1) is 13.4 Å². The first kappa shape index (κ1) is 12.1. The zero-order chi connectivity index (χ0) is 13.1. The highest BCUT2D eigenvalue weighted by molar-refractivity contribution is 7.19. The largest absolute Gasteiger partial charge is 0.316 e. The molecule has 2 N–H and O–H groups in total. The van der Waals surface area contributed by atoms with Gasteiger partial charge in [-0.25, -0.2) is 0 Å². The standard InChI is InChI=1S/C12H9B3ClNO/c13-7-5-10(18)12(17)8-3-1-2-4-9(8)15(16)11(12,14)6-7/h1-5H,6,17H2. The van der Waals surface area contributed by atoms with Crippen LogP contribution in [0.15, 0.2) is 35.8 Å². The predicted molar refractivity (Wildman–Crippen MR) is 75.5 cm³/mol. The maximum atomic E-state index is 12.3. The lowest BCUT2D eigenvalue weighted by Gasteiger charge is -2.44. The molecule has 2 atom stereocenters. The Morgan fingerprint density at radius 2 is 2.06 bits per heavy atom. The fraction of sp³-hybridized carbons (Fsp3) is 0.250. The van der Waals surface area contributed by atoms with Crippen molar-refractivity contribution < 1.29 is 4.79 Å². The zero-order valence-corrected chi connectivity index (χ0v) is 10.4. The van der Waals surface area contributed by atoms with Crippen LogP contribution in [-0.4, -0.2) is 27.6 Å². The van der Waals surface area contributed by atoms with Gasteiger partial charge in [0.25, 0.3) is 6.13 Å². The molecule has 0 saturated carbocycles. The minimum atomic E-state index is -1.28. The summed E-state index contributed by atoms with van der Waals surface area (Å²) in [5.41, 5.74) is 7.03. The van der Waals surface area contributed by atoms with Crippen LogP contribution in [0.5, 0.6) is 0 Å². The summed E-state index contributed by atoms with van der Waals surface area (Å²) in [4.78, 5) is 12.3. The van der Waals surface area contributed by atoms with E-state index in [0.29, 0.717) is 17.5 Å². The van der Waals surface area contributed by atoms with Gasteiger partial charge in [0.1, 0.15) is 7.85 Å². The Bertz CT molecular complexity index is 590. The number of fused-ring (bicyclic) bond motifs is 3. The fourth-order valence-electron chi connectivity index (χ4n) is 3.07. The van der Waals surface area contributed by atoms with Crippen LogP contribution < -0.4 is 11.2 Å². The topological polar surface area (TPSA) is 43.1 Å². The molecule has 0 spiro atoms. The Morgan fingerprint density at radius 1 is 1.39 bits per heavy atom. The summed E-state index contributed by atoms with van der Waals surface area (Å²) in [6.07, 6.45) is 1.17. The quantitative estimate of drug-likeness (QED) is 0.668. The average molecular weight is 251 g/mol. The molecule has 0 fully saturated rings. The minimum Gasteiger partial charge on any atom is -0.316 e. The summed E-state index contributed by atoms with van der Waals surface area (Å²) in [7, 11) is 12.1. The van der Waals surface area contributed by atoms with Gasteiger partial charge >= 0.3 is 0 Å². The Morgan fingerprint density at radius 3 is 2.78 bits per heavy atom. The van der Waals surface area contributed by atoms with E-state index in [-0.39, 0.29) is 5.78 Å². The van der Waals surface area contributed by atoms with E-state index in [2.05, 4.69) is 0 Å². The SMILES string of the molecule is [B]C1=CC(=O)C2(N)c3ccccc3B(Cl)C2([B])C1. The third-order valence-electron chi connectivity index (χ3n) is 4.05. The summed E-state index contributed by atoms with van der Waals surface area (Å²) in [5, 5.41) is -1.06. The van der Waals surface area contributed by atoms with E-state index in [1.807, 2.05) is 24.3 Å². The van der Waals surface area contributed by atoms with Crippen molar-refractivity contribution in [2.45, 2.75) is 17.2 Å². The lowest BCUT2D eigenvalue weighted by molar-refractivity contribution is -0.120. The van der Waals surface area contributed by atoms with Crippen LogP contribution in [0.1, 0.15) is 12.0 Å². The third kappa shape index (κ3) is 1.19. The van der Waals surface area contributed by atoms with Gasteiger partial charge in [-0.3, -0.25) is 4.79 Å². The molecule has 1 heterocycles. The zero-order valence-electron chi connectivity index (χ0n) is 9.69. The Labute approximate surface area is 114 Å². The summed E-state index contributed by atoms with van der Waals surface area (Å²) in [5.74, 6) is -0.274. The predicted octanol–water partition coefficient (Wildman–Crippen LogP) is 0.183. The molecular weight excluding hydrogens is 242 g/mol. The molecular formula is C12H9B3ClNO. The van der Waals surface area contributed by atoms with Crippen molar-refractivity contribution in [3.8, 4) is 0 Å². The molecule has 1 aliphatic heterocycles. The summed E-state index contributed by atoms with van der Waals surface area (Å²) >= 11 is 6.44. The van der Waals surface area contributed by atoms with Crippen molar-refractivity contribution in [1.82, 2.24) is 0 Å². The van der Waals surface area contributed by atoms with Gasteiger partial charge in [-0.15, -0.1) is 5.47 Å². The van der Waals surface area contributed by atoms with Gasteiger partial charge in [-0.2, -0.15) is 11.5 Å². The van der Waals surface area contributed by atoms with E-state index in [1.54, 1.807) is 0 Å². The van der Waals surface area contributed by atoms with E-state index in [0.717, 1.165) is 5.46 Å². The molecule has 4 radical (unpaired) electrons. The first-order chi connectivity index (χ1) is 8.41.